The van der Waals surface area contributed by atoms with E-state index in [1.54, 1.807) is 0 Å². The van der Waals surface area contributed by atoms with Crippen LogP contribution in [0, 0.1) is 0 Å². The molecular formula is C21H25N5O. The molecule has 0 radical (unpaired) electrons. The second-order valence-electron chi connectivity index (χ2n) is 6.99. The van der Waals surface area contributed by atoms with Gasteiger partial charge in [-0.15, -0.1) is 0 Å². The van der Waals surface area contributed by atoms with Gasteiger partial charge in [0, 0.05) is 30.9 Å². The molecule has 2 heterocycles. The number of carbonyl (C=O) groups excluding carboxylic acids is 1. The number of rotatable bonds is 5. The monoisotopic (exact) mass is 363 g/mol. The van der Waals surface area contributed by atoms with Gasteiger partial charge in [-0.05, 0) is 54.7 Å². The lowest BCUT2D eigenvalue weighted by Gasteiger charge is -2.16. The zero-order valence-corrected chi connectivity index (χ0v) is 15.4. The Hall–Kier alpha value is -2.86. The fourth-order valence-electron chi connectivity index (χ4n) is 3.37. The molecule has 6 nitrogen and oxygen atoms in total. The molecule has 0 aliphatic carbocycles. The molecule has 0 saturated carbocycles. The van der Waals surface area contributed by atoms with Gasteiger partial charge in [0.05, 0.1) is 6.54 Å². The Bertz CT molecular complexity index is 807. The average Bonchev–Trinajstić information content (AvgIpc) is 3.38. The Morgan fingerprint density at radius 1 is 1.00 bits per heavy atom. The summed E-state index contributed by atoms with van der Waals surface area (Å²) in [6, 6.07) is 16.2. The van der Waals surface area contributed by atoms with Crippen molar-refractivity contribution in [2.75, 3.05) is 31.5 Å². The van der Waals surface area contributed by atoms with Gasteiger partial charge in [-0.25, -0.2) is 5.01 Å². The summed E-state index contributed by atoms with van der Waals surface area (Å²) in [7, 11) is 0. The van der Waals surface area contributed by atoms with E-state index in [4.69, 9.17) is 0 Å². The van der Waals surface area contributed by atoms with Gasteiger partial charge in [0.2, 0.25) is 0 Å². The van der Waals surface area contributed by atoms with E-state index in [-0.39, 0.29) is 5.91 Å². The van der Waals surface area contributed by atoms with Crippen molar-refractivity contribution in [2.24, 2.45) is 4.99 Å². The van der Waals surface area contributed by atoms with Crippen LogP contribution in [0.25, 0.3) is 0 Å². The van der Waals surface area contributed by atoms with Gasteiger partial charge in [0.1, 0.15) is 0 Å². The lowest BCUT2D eigenvalue weighted by molar-refractivity contribution is 0.0826. The van der Waals surface area contributed by atoms with Crippen LogP contribution in [0.5, 0.6) is 0 Å². The van der Waals surface area contributed by atoms with E-state index in [0.717, 1.165) is 57.1 Å². The molecule has 0 atom stereocenters. The molecule has 2 aliphatic heterocycles. The molecule has 1 amide bonds. The summed E-state index contributed by atoms with van der Waals surface area (Å²) in [5, 5.41) is 8.47. The highest BCUT2D eigenvalue weighted by Gasteiger charge is 2.15. The Labute approximate surface area is 159 Å². The van der Waals surface area contributed by atoms with E-state index in [9.17, 15) is 4.79 Å². The van der Waals surface area contributed by atoms with E-state index in [1.807, 2.05) is 29.3 Å². The fourth-order valence-corrected chi connectivity index (χ4v) is 3.37. The molecule has 27 heavy (non-hydrogen) atoms. The minimum absolute atomic E-state index is 0.0256. The van der Waals surface area contributed by atoms with Gasteiger partial charge in [0.25, 0.3) is 5.91 Å². The molecule has 6 heteroatoms. The van der Waals surface area contributed by atoms with Crippen molar-refractivity contribution in [2.45, 2.75) is 19.3 Å². The van der Waals surface area contributed by atoms with Gasteiger partial charge in [0.15, 0.2) is 5.96 Å². The minimum atomic E-state index is -0.0256. The molecule has 3 N–H and O–H groups in total. The van der Waals surface area contributed by atoms with Gasteiger partial charge in [-0.3, -0.25) is 15.2 Å². The summed E-state index contributed by atoms with van der Waals surface area (Å²) in [5.74, 6) is 0.813. The molecule has 0 bridgehead atoms. The molecule has 2 aliphatic rings. The maximum absolute atomic E-state index is 12.3. The number of amides is 1. The number of aliphatic imine (C=N–C) groups is 1. The molecule has 0 aromatic heterocycles. The second-order valence-corrected chi connectivity index (χ2v) is 6.99. The number of anilines is 1. The summed E-state index contributed by atoms with van der Waals surface area (Å²) in [6.45, 7) is 3.61. The normalized spacial score (nSPS) is 16.7. The van der Waals surface area contributed by atoms with Gasteiger partial charge in [-0.2, -0.15) is 0 Å². The number of hydrazine groups is 1. The summed E-state index contributed by atoms with van der Waals surface area (Å²) in [5.41, 5.74) is 7.13. The number of nitrogens with one attached hydrogen (secondary N) is 3. The molecule has 0 unspecified atom stereocenters. The second kappa shape index (κ2) is 8.22. The van der Waals surface area contributed by atoms with Crippen molar-refractivity contribution in [1.29, 1.82) is 0 Å². The van der Waals surface area contributed by atoms with Crippen LogP contribution < -0.4 is 16.1 Å². The van der Waals surface area contributed by atoms with Crippen LogP contribution in [0.1, 0.15) is 34.3 Å². The predicted octanol–water partition coefficient (Wildman–Crippen LogP) is 2.39. The topological polar surface area (TPSA) is 68.8 Å². The zero-order valence-electron chi connectivity index (χ0n) is 15.4. The van der Waals surface area contributed by atoms with E-state index < -0.39 is 0 Å². The van der Waals surface area contributed by atoms with Crippen LogP contribution in [-0.2, 0) is 6.42 Å². The van der Waals surface area contributed by atoms with Crippen molar-refractivity contribution >= 4 is 17.6 Å². The first kappa shape index (κ1) is 17.5. The molecular weight excluding hydrogens is 338 g/mol. The molecule has 1 fully saturated rings. The summed E-state index contributed by atoms with van der Waals surface area (Å²) >= 11 is 0. The zero-order chi connectivity index (χ0) is 18.5. The largest absolute Gasteiger partial charge is 0.354 e. The molecule has 2 aromatic rings. The van der Waals surface area contributed by atoms with Crippen LogP contribution >= 0.6 is 0 Å². The van der Waals surface area contributed by atoms with Crippen LogP contribution in [0.15, 0.2) is 53.5 Å². The number of nitrogens with zero attached hydrogens (tertiary/aromatic N) is 2. The number of guanidine groups is 1. The number of hydrogen-bond acceptors (Lipinski definition) is 5. The molecule has 0 spiro atoms. The van der Waals surface area contributed by atoms with Crippen molar-refractivity contribution < 1.29 is 4.79 Å². The van der Waals surface area contributed by atoms with Crippen LogP contribution in [0.2, 0.25) is 0 Å². The van der Waals surface area contributed by atoms with E-state index in [2.05, 4.69) is 45.3 Å². The molecule has 1 saturated heterocycles. The van der Waals surface area contributed by atoms with Crippen molar-refractivity contribution in [3.8, 4) is 0 Å². The Kier molecular flexibility index (Phi) is 5.34. The lowest BCUT2D eigenvalue weighted by Crippen LogP contribution is -2.39. The first-order chi connectivity index (χ1) is 13.3. The van der Waals surface area contributed by atoms with Crippen molar-refractivity contribution in [3.63, 3.8) is 0 Å². The SMILES string of the molecule is O=C(NN1CCCC1)c1ccc(Cc2ccc(NC3=NCCN3)cc2)cc1. The third-order valence-electron chi connectivity index (χ3n) is 4.88. The third-order valence-corrected chi connectivity index (χ3v) is 4.88. The van der Waals surface area contributed by atoms with Gasteiger partial charge in [-0.1, -0.05) is 24.3 Å². The Balaban J connectivity index is 1.33. The number of benzene rings is 2. The van der Waals surface area contributed by atoms with Crippen molar-refractivity contribution in [1.82, 2.24) is 15.8 Å². The first-order valence-electron chi connectivity index (χ1n) is 9.55. The molecule has 2 aromatic carbocycles. The lowest BCUT2D eigenvalue weighted by atomic mass is 10.0. The quantitative estimate of drug-likeness (QED) is 0.763. The maximum atomic E-state index is 12.3. The Morgan fingerprint density at radius 3 is 2.30 bits per heavy atom. The highest BCUT2D eigenvalue weighted by Crippen LogP contribution is 2.15. The van der Waals surface area contributed by atoms with Crippen molar-refractivity contribution in [3.05, 3.63) is 65.2 Å². The maximum Gasteiger partial charge on any atom is 0.265 e. The summed E-state index contributed by atoms with van der Waals surface area (Å²) in [6.07, 6.45) is 3.14. The van der Waals surface area contributed by atoms with Gasteiger partial charge >= 0.3 is 0 Å². The van der Waals surface area contributed by atoms with E-state index >= 15 is 0 Å². The van der Waals surface area contributed by atoms with Crippen LogP contribution in [0.3, 0.4) is 0 Å². The smallest absolute Gasteiger partial charge is 0.265 e. The molecule has 140 valence electrons. The van der Waals surface area contributed by atoms with Crippen LogP contribution in [0.4, 0.5) is 5.69 Å². The Morgan fingerprint density at radius 2 is 1.67 bits per heavy atom. The van der Waals surface area contributed by atoms with E-state index in [1.165, 1.54) is 11.1 Å². The predicted molar refractivity (Wildman–Crippen MR) is 108 cm³/mol. The van der Waals surface area contributed by atoms with Gasteiger partial charge < -0.3 is 10.6 Å². The summed E-state index contributed by atoms with van der Waals surface area (Å²) < 4.78 is 0. The number of carbonyl (C=O) groups is 1. The van der Waals surface area contributed by atoms with E-state index in [0.29, 0.717) is 5.56 Å². The highest BCUT2D eigenvalue weighted by molar-refractivity contribution is 5.94. The summed E-state index contributed by atoms with van der Waals surface area (Å²) in [4.78, 5) is 16.6. The van der Waals surface area contributed by atoms with Crippen LogP contribution in [-0.4, -0.2) is 43.1 Å². The third kappa shape index (κ3) is 4.65. The minimum Gasteiger partial charge on any atom is -0.354 e. The molecule has 4 rings (SSSR count). The first-order valence-corrected chi connectivity index (χ1v) is 9.55. The number of hydrogen-bond donors (Lipinski definition) is 3. The average molecular weight is 363 g/mol. The standard InChI is InChI=1S/C21H25N5O/c27-20(25-26-13-1-2-14-26)18-7-3-16(4-8-18)15-17-5-9-19(10-6-17)24-21-22-11-12-23-21/h3-10H,1-2,11-15H2,(H,25,27)(H2,22,23,24). The fraction of sp³-hybridized carbons (Fsp3) is 0.333. The highest BCUT2D eigenvalue weighted by atomic mass is 16.2.